The number of nitro benzene ring substituents is 1. The molecule has 1 saturated carbocycles. The van der Waals surface area contributed by atoms with Crippen molar-refractivity contribution in [1.29, 1.82) is 0 Å². The largest absolute Gasteiger partial charge is 0.490 e. The number of ether oxygens (including phenoxy) is 1. The lowest BCUT2D eigenvalue weighted by atomic mass is 10.1. The molecule has 0 aromatic heterocycles. The first-order valence-electron chi connectivity index (χ1n) is 7.05. The maximum absolute atomic E-state index is 10.8. The van der Waals surface area contributed by atoms with Crippen LogP contribution in [0.1, 0.15) is 44.1 Å². The van der Waals surface area contributed by atoms with Gasteiger partial charge in [-0.15, -0.1) is 0 Å². The van der Waals surface area contributed by atoms with Crippen molar-refractivity contribution in [3.05, 3.63) is 33.9 Å². The Bertz CT molecular complexity index is 537. The van der Waals surface area contributed by atoms with E-state index in [1.807, 2.05) is 0 Å². The summed E-state index contributed by atoms with van der Waals surface area (Å²) in [5.74, 6) is 0.227. The molecule has 0 heterocycles. The third-order valence-corrected chi connectivity index (χ3v) is 3.65. The van der Waals surface area contributed by atoms with Crippen molar-refractivity contribution in [2.45, 2.75) is 44.6 Å². The zero-order chi connectivity index (χ0) is 15.2. The van der Waals surface area contributed by atoms with E-state index in [1.165, 1.54) is 31.0 Å². The third-order valence-electron chi connectivity index (χ3n) is 3.65. The summed E-state index contributed by atoms with van der Waals surface area (Å²) >= 11 is 0. The van der Waals surface area contributed by atoms with E-state index in [1.54, 1.807) is 0 Å². The maximum atomic E-state index is 10.8. The SMILES string of the molecule is NC(=NO)c1cc([N+](=O)[O-])ccc1OC1CCCCCC1. The van der Waals surface area contributed by atoms with Crippen LogP contribution in [-0.4, -0.2) is 22.1 Å². The van der Waals surface area contributed by atoms with Crippen molar-refractivity contribution in [3.63, 3.8) is 0 Å². The van der Waals surface area contributed by atoms with Crippen molar-refractivity contribution in [1.82, 2.24) is 0 Å². The Labute approximate surface area is 122 Å². The Hall–Kier alpha value is -2.31. The lowest BCUT2D eigenvalue weighted by Crippen LogP contribution is -2.20. The van der Waals surface area contributed by atoms with E-state index in [9.17, 15) is 10.1 Å². The summed E-state index contributed by atoms with van der Waals surface area (Å²) in [6, 6.07) is 4.14. The van der Waals surface area contributed by atoms with Gasteiger partial charge in [0.15, 0.2) is 5.84 Å². The van der Waals surface area contributed by atoms with Gasteiger partial charge in [0.1, 0.15) is 5.75 Å². The van der Waals surface area contributed by atoms with E-state index in [0.717, 1.165) is 25.7 Å². The van der Waals surface area contributed by atoms with Gasteiger partial charge in [-0.05, 0) is 31.7 Å². The van der Waals surface area contributed by atoms with E-state index in [0.29, 0.717) is 5.75 Å². The van der Waals surface area contributed by atoms with Crippen molar-refractivity contribution in [2.75, 3.05) is 0 Å². The average molecular weight is 293 g/mol. The number of nitrogens with zero attached hydrogens (tertiary/aromatic N) is 2. The number of rotatable bonds is 4. The topological polar surface area (TPSA) is 111 Å². The monoisotopic (exact) mass is 293 g/mol. The fraction of sp³-hybridized carbons (Fsp3) is 0.500. The summed E-state index contributed by atoms with van der Waals surface area (Å²) in [5.41, 5.74) is 5.72. The van der Waals surface area contributed by atoms with E-state index >= 15 is 0 Å². The first-order valence-corrected chi connectivity index (χ1v) is 7.05. The minimum absolute atomic E-state index is 0.0687. The molecule has 0 bridgehead atoms. The van der Waals surface area contributed by atoms with E-state index in [2.05, 4.69) is 5.16 Å². The van der Waals surface area contributed by atoms with Crippen LogP contribution in [0.4, 0.5) is 5.69 Å². The highest BCUT2D eigenvalue weighted by atomic mass is 16.6. The van der Waals surface area contributed by atoms with E-state index in [4.69, 9.17) is 15.7 Å². The van der Waals surface area contributed by atoms with Crippen LogP contribution in [0.25, 0.3) is 0 Å². The zero-order valence-corrected chi connectivity index (χ0v) is 11.7. The molecule has 1 aliphatic carbocycles. The van der Waals surface area contributed by atoms with Crippen LogP contribution in [0.2, 0.25) is 0 Å². The highest BCUT2D eigenvalue weighted by molar-refractivity contribution is 6.00. The smallest absolute Gasteiger partial charge is 0.270 e. The van der Waals surface area contributed by atoms with Gasteiger partial charge in [0.25, 0.3) is 5.69 Å². The molecule has 0 spiro atoms. The van der Waals surface area contributed by atoms with Gasteiger partial charge in [0, 0.05) is 12.1 Å². The van der Waals surface area contributed by atoms with Crippen molar-refractivity contribution in [2.24, 2.45) is 10.9 Å². The number of non-ortho nitro benzene ring substituents is 1. The summed E-state index contributed by atoms with van der Waals surface area (Å²) in [6.07, 6.45) is 6.59. The molecule has 114 valence electrons. The molecule has 2 rings (SSSR count). The van der Waals surface area contributed by atoms with Crippen LogP contribution >= 0.6 is 0 Å². The molecule has 1 aliphatic rings. The number of nitrogens with two attached hydrogens (primary N) is 1. The molecular formula is C14H19N3O4. The number of benzene rings is 1. The second-order valence-corrected chi connectivity index (χ2v) is 5.15. The molecule has 3 N–H and O–H groups in total. The molecule has 0 saturated heterocycles. The third kappa shape index (κ3) is 3.84. The normalized spacial score (nSPS) is 17.2. The average Bonchev–Trinajstić information content (AvgIpc) is 2.75. The van der Waals surface area contributed by atoms with Gasteiger partial charge >= 0.3 is 0 Å². The summed E-state index contributed by atoms with van der Waals surface area (Å²) in [6.45, 7) is 0. The van der Waals surface area contributed by atoms with Crippen molar-refractivity contribution in [3.8, 4) is 5.75 Å². The van der Waals surface area contributed by atoms with E-state index < -0.39 is 4.92 Å². The fourth-order valence-corrected chi connectivity index (χ4v) is 2.53. The molecule has 7 nitrogen and oxygen atoms in total. The standard InChI is InChI=1S/C14H19N3O4/c15-14(16-18)12-9-10(17(19)20)7-8-13(12)21-11-5-3-1-2-4-6-11/h7-9,11,18H,1-6H2,(H2,15,16). The maximum Gasteiger partial charge on any atom is 0.270 e. The van der Waals surface area contributed by atoms with Gasteiger partial charge in [-0.25, -0.2) is 0 Å². The van der Waals surface area contributed by atoms with Crippen LogP contribution in [0.15, 0.2) is 23.4 Å². The van der Waals surface area contributed by atoms with Crippen LogP contribution < -0.4 is 10.5 Å². The molecule has 1 aromatic rings. The number of amidine groups is 1. The minimum Gasteiger partial charge on any atom is -0.490 e. The molecule has 0 amide bonds. The summed E-state index contributed by atoms with van der Waals surface area (Å²) < 4.78 is 5.93. The second kappa shape index (κ2) is 6.92. The Morgan fingerprint density at radius 1 is 1.33 bits per heavy atom. The molecule has 0 aliphatic heterocycles. The fourth-order valence-electron chi connectivity index (χ4n) is 2.53. The minimum atomic E-state index is -0.524. The molecule has 7 heteroatoms. The summed E-state index contributed by atoms with van der Waals surface area (Å²) in [5, 5.41) is 22.6. The van der Waals surface area contributed by atoms with Gasteiger partial charge in [-0.1, -0.05) is 18.0 Å². The predicted octanol–water partition coefficient (Wildman–Crippen LogP) is 2.79. The molecule has 1 aromatic carbocycles. The summed E-state index contributed by atoms with van der Waals surface area (Å²) in [7, 11) is 0. The predicted molar refractivity (Wildman–Crippen MR) is 77.7 cm³/mol. The molecule has 1 fully saturated rings. The lowest BCUT2D eigenvalue weighted by Gasteiger charge is -2.19. The van der Waals surface area contributed by atoms with Gasteiger partial charge in [-0.3, -0.25) is 10.1 Å². The lowest BCUT2D eigenvalue weighted by molar-refractivity contribution is -0.384. The number of hydrogen-bond acceptors (Lipinski definition) is 5. The van der Waals surface area contributed by atoms with Gasteiger partial charge in [-0.2, -0.15) is 0 Å². The highest BCUT2D eigenvalue weighted by Gasteiger charge is 2.19. The van der Waals surface area contributed by atoms with Gasteiger partial charge < -0.3 is 15.7 Å². The van der Waals surface area contributed by atoms with Gasteiger partial charge in [0.2, 0.25) is 0 Å². The van der Waals surface area contributed by atoms with Crippen LogP contribution in [-0.2, 0) is 0 Å². The quantitative estimate of drug-likeness (QED) is 0.221. The van der Waals surface area contributed by atoms with Crippen molar-refractivity contribution >= 4 is 11.5 Å². The molecule has 0 radical (unpaired) electrons. The molecule has 0 unspecified atom stereocenters. The molecular weight excluding hydrogens is 274 g/mol. The highest BCUT2D eigenvalue weighted by Crippen LogP contribution is 2.28. The summed E-state index contributed by atoms with van der Waals surface area (Å²) in [4.78, 5) is 10.3. The number of hydrogen-bond donors (Lipinski definition) is 2. The first kappa shape index (κ1) is 15.1. The van der Waals surface area contributed by atoms with E-state index in [-0.39, 0.29) is 23.2 Å². The number of nitro groups is 1. The van der Waals surface area contributed by atoms with Crippen LogP contribution in [0.3, 0.4) is 0 Å². The van der Waals surface area contributed by atoms with Gasteiger partial charge in [0.05, 0.1) is 16.6 Å². The van der Waals surface area contributed by atoms with Crippen LogP contribution in [0.5, 0.6) is 5.75 Å². The molecule has 21 heavy (non-hydrogen) atoms. The Morgan fingerprint density at radius 2 is 2.00 bits per heavy atom. The van der Waals surface area contributed by atoms with Crippen molar-refractivity contribution < 1.29 is 14.9 Å². The van der Waals surface area contributed by atoms with Crippen LogP contribution in [0, 0.1) is 10.1 Å². The molecule has 0 atom stereocenters. The zero-order valence-electron chi connectivity index (χ0n) is 11.7. The second-order valence-electron chi connectivity index (χ2n) is 5.15. The Morgan fingerprint density at radius 3 is 2.57 bits per heavy atom. The Kier molecular flexibility index (Phi) is 4.97. The number of oxime groups is 1. The Balaban J connectivity index is 2.26. The first-order chi connectivity index (χ1) is 10.1.